The summed E-state index contributed by atoms with van der Waals surface area (Å²) in [5.41, 5.74) is 0. The predicted octanol–water partition coefficient (Wildman–Crippen LogP) is 4.55. The minimum Gasteiger partial charge on any atom is -0.363 e. The maximum atomic E-state index is 12.3. The number of amides is 2. The molecule has 146 valence electrons. The van der Waals surface area contributed by atoms with Crippen molar-refractivity contribution >= 4 is 17.6 Å². The molecule has 0 aliphatic heterocycles. The van der Waals surface area contributed by atoms with Gasteiger partial charge in [0.2, 0.25) is 11.8 Å². The molecule has 0 radical (unpaired) electrons. The van der Waals surface area contributed by atoms with E-state index in [-0.39, 0.29) is 18.4 Å². The maximum Gasteiger partial charge on any atom is 0.245 e. The molecule has 0 aliphatic carbocycles. The van der Waals surface area contributed by atoms with Crippen LogP contribution in [0.2, 0.25) is 0 Å². The Balaban J connectivity index is 2.19. The van der Waals surface area contributed by atoms with Crippen LogP contribution in [0.5, 0.6) is 0 Å². The fourth-order valence-corrected chi connectivity index (χ4v) is 2.79. The molecule has 0 aliphatic rings. The second kappa shape index (κ2) is 14.1. The van der Waals surface area contributed by atoms with E-state index in [9.17, 15) is 9.59 Å². The Bertz CT molecular complexity index is 514. The molecule has 6 nitrogen and oxygen atoms in total. The van der Waals surface area contributed by atoms with E-state index in [4.69, 9.17) is 0 Å². The van der Waals surface area contributed by atoms with Gasteiger partial charge in [-0.25, -0.2) is 0 Å². The Labute approximate surface area is 157 Å². The summed E-state index contributed by atoms with van der Waals surface area (Å²) in [4.78, 5) is 25.9. The van der Waals surface area contributed by atoms with Crippen LogP contribution in [0, 0.1) is 0 Å². The fraction of sp³-hybridized carbons (Fsp3) is 0.650. The van der Waals surface area contributed by atoms with Crippen LogP contribution < -0.4 is 5.32 Å². The van der Waals surface area contributed by atoms with Crippen molar-refractivity contribution in [1.29, 1.82) is 0 Å². The molecule has 0 bridgehead atoms. The monoisotopic (exact) mass is 363 g/mol. The van der Waals surface area contributed by atoms with Gasteiger partial charge in [0.15, 0.2) is 5.82 Å². The number of nitrogens with one attached hydrogen (secondary N) is 1. The molecule has 0 atom stereocenters. The van der Waals surface area contributed by atoms with E-state index in [0.29, 0.717) is 18.8 Å². The van der Waals surface area contributed by atoms with Crippen molar-refractivity contribution in [3.05, 3.63) is 25.0 Å². The molecule has 26 heavy (non-hydrogen) atoms. The first-order valence-corrected chi connectivity index (χ1v) is 9.76. The molecule has 0 aromatic carbocycles. The summed E-state index contributed by atoms with van der Waals surface area (Å²) >= 11 is 0. The summed E-state index contributed by atoms with van der Waals surface area (Å²) in [6, 6.07) is 1.56. The quantitative estimate of drug-likeness (QED) is 0.366. The van der Waals surface area contributed by atoms with E-state index in [1.807, 2.05) is 0 Å². The fourth-order valence-electron chi connectivity index (χ4n) is 2.79. The molecule has 6 heteroatoms. The third-order valence-electron chi connectivity index (χ3n) is 4.24. The smallest absolute Gasteiger partial charge is 0.245 e. The van der Waals surface area contributed by atoms with Crippen LogP contribution in [-0.2, 0) is 9.59 Å². The van der Waals surface area contributed by atoms with Crippen LogP contribution in [0.4, 0.5) is 5.82 Å². The molecule has 0 saturated carbocycles. The summed E-state index contributed by atoms with van der Waals surface area (Å²) in [7, 11) is 0. The summed E-state index contributed by atoms with van der Waals surface area (Å²) < 4.78 is 4.67. The molecule has 0 spiro atoms. The first-order valence-electron chi connectivity index (χ1n) is 9.76. The zero-order chi connectivity index (χ0) is 19.0. The Hall–Kier alpha value is -2.11. The van der Waals surface area contributed by atoms with Crippen molar-refractivity contribution in [3.63, 3.8) is 0 Å². The molecular weight excluding hydrogens is 330 g/mol. The first kappa shape index (κ1) is 21.9. The number of rotatable bonds is 15. The van der Waals surface area contributed by atoms with E-state index in [1.54, 1.807) is 12.1 Å². The summed E-state index contributed by atoms with van der Waals surface area (Å²) in [5, 5.41) is 6.22. The minimum absolute atomic E-state index is 0.00482. The van der Waals surface area contributed by atoms with Crippen LogP contribution in [0.25, 0.3) is 0 Å². The molecule has 0 saturated heterocycles. The van der Waals surface area contributed by atoms with Crippen molar-refractivity contribution in [2.75, 3.05) is 18.4 Å². The van der Waals surface area contributed by atoms with Crippen molar-refractivity contribution in [2.45, 2.75) is 71.1 Å². The van der Waals surface area contributed by atoms with Gasteiger partial charge in [-0.1, -0.05) is 69.5 Å². The van der Waals surface area contributed by atoms with Crippen molar-refractivity contribution < 1.29 is 14.1 Å². The van der Waals surface area contributed by atoms with E-state index < -0.39 is 0 Å². The highest BCUT2D eigenvalue weighted by atomic mass is 16.5. The Morgan fingerprint density at radius 2 is 1.81 bits per heavy atom. The average Bonchev–Trinajstić information content (AvgIpc) is 3.12. The first-order chi connectivity index (χ1) is 12.7. The lowest BCUT2D eigenvalue weighted by Gasteiger charge is -2.20. The van der Waals surface area contributed by atoms with Gasteiger partial charge < -0.3 is 14.7 Å². The number of hydrogen-bond acceptors (Lipinski definition) is 4. The SMILES string of the molecule is C=CCN(CC(=O)Nc1ccon1)C(=O)CCCCCCCCCCC. The second-order valence-corrected chi connectivity index (χ2v) is 6.57. The van der Waals surface area contributed by atoms with Crippen molar-refractivity contribution in [2.24, 2.45) is 0 Å². The third-order valence-corrected chi connectivity index (χ3v) is 4.24. The third kappa shape index (κ3) is 10.0. The van der Waals surface area contributed by atoms with Gasteiger partial charge in [-0.2, -0.15) is 0 Å². The predicted molar refractivity (Wildman–Crippen MR) is 104 cm³/mol. The van der Waals surface area contributed by atoms with Crippen LogP contribution in [-0.4, -0.2) is 35.0 Å². The molecular formula is C20H33N3O3. The lowest BCUT2D eigenvalue weighted by Crippen LogP contribution is -2.38. The minimum atomic E-state index is -0.291. The van der Waals surface area contributed by atoms with E-state index >= 15 is 0 Å². The highest BCUT2D eigenvalue weighted by Gasteiger charge is 2.16. The van der Waals surface area contributed by atoms with E-state index in [0.717, 1.165) is 12.8 Å². The average molecular weight is 364 g/mol. The molecule has 1 aromatic heterocycles. The van der Waals surface area contributed by atoms with Crippen LogP contribution in [0.15, 0.2) is 29.5 Å². The van der Waals surface area contributed by atoms with Gasteiger partial charge >= 0.3 is 0 Å². The van der Waals surface area contributed by atoms with Gasteiger partial charge in [-0.05, 0) is 6.42 Å². The Morgan fingerprint density at radius 1 is 1.15 bits per heavy atom. The molecule has 0 unspecified atom stereocenters. The van der Waals surface area contributed by atoms with Gasteiger partial charge in [0.05, 0.1) is 0 Å². The standard InChI is InChI=1S/C20H33N3O3/c1-3-5-6-7-8-9-10-11-12-13-20(25)23(15-4-2)17-19(24)21-18-14-16-26-22-18/h4,14,16H,2-3,5-13,15,17H2,1H3,(H,21,22,24). The van der Waals surface area contributed by atoms with Crippen molar-refractivity contribution in [1.82, 2.24) is 10.1 Å². The zero-order valence-electron chi connectivity index (χ0n) is 16.0. The maximum absolute atomic E-state index is 12.3. The lowest BCUT2D eigenvalue weighted by atomic mass is 10.1. The molecule has 1 aromatic rings. The van der Waals surface area contributed by atoms with E-state index in [1.165, 1.54) is 56.1 Å². The number of aromatic nitrogens is 1. The second-order valence-electron chi connectivity index (χ2n) is 6.57. The van der Waals surface area contributed by atoms with Gasteiger partial charge in [0, 0.05) is 19.0 Å². The highest BCUT2D eigenvalue weighted by Crippen LogP contribution is 2.11. The van der Waals surface area contributed by atoms with E-state index in [2.05, 4.69) is 28.5 Å². The van der Waals surface area contributed by atoms with Crippen LogP contribution >= 0.6 is 0 Å². The number of unbranched alkanes of at least 4 members (excludes halogenated alkanes) is 8. The van der Waals surface area contributed by atoms with Crippen LogP contribution in [0.1, 0.15) is 71.1 Å². The van der Waals surface area contributed by atoms with Gasteiger partial charge in [0.25, 0.3) is 0 Å². The molecule has 2 amide bonds. The number of anilines is 1. The van der Waals surface area contributed by atoms with Crippen molar-refractivity contribution in [3.8, 4) is 0 Å². The number of carbonyl (C=O) groups is 2. The number of carbonyl (C=O) groups excluding carboxylic acids is 2. The number of nitrogens with zero attached hydrogens (tertiary/aromatic N) is 2. The van der Waals surface area contributed by atoms with Crippen LogP contribution in [0.3, 0.4) is 0 Å². The van der Waals surface area contributed by atoms with Gasteiger partial charge in [-0.3, -0.25) is 9.59 Å². The summed E-state index contributed by atoms with van der Waals surface area (Å²) in [6.07, 6.45) is 14.4. The topological polar surface area (TPSA) is 75.4 Å². The Kier molecular flexibility index (Phi) is 11.9. The Morgan fingerprint density at radius 3 is 2.38 bits per heavy atom. The van der Waals surface area contributed by atoms with Gasteiger partial charge in [0.1, 0.15) is 12.8 Å². The molecule has 0 fully saturated rings. The molecule has 1 rings (SSSR count). The summed E-state index contributed by atoms with van der Waals surface area (Å²) in [5.74, 6) is 0.0456. The lowest BCUT2D eigenvalue weighted by molar-refractivity contribution is -0.134. The molecule has 1 N–H and O–H groups in total. The normalized spacial score (nSPS) is 10.5. The summed E-state index contributed by atoms with van der Waals surface area (Å²) in [6.45, 7) is 6.25. The van der Waals surface area contributed by atoms with Gasteiger partial charge in [-0.15, -0.1) is 6.58 Å². The molecule has 1 heterocycles. The highest BCUT2D eigenvalue weighted by molar-refractivity contribution is 5.93. The largest absolute Gasteiger partial charge is 0.363 e. The number of hydrogen-bond donors (Lipinski definition) is 1. The zero-order valence-corrected chi connectivity index (χ0v) is 16.0.